The van der Waals surface area contributed by atoms with Crippen LogP contribution in [-0.2, 0) is 4.74 Å². The Labute approximate surface area is 121 Å². The van der Waals surface area contributed by atoms with E-state index >= 15 is 0 Å². The van der Waals surface area contributed by atoms with E-state index in [2.05, 4.69) is 20.9 Å². The fourth-order valence-electron chi connectivity index (χ4n) is 2.34. The van der Waals surface area contributed by atoms with Crippen molar-refractivity contribution in [2.75, 3.05) is 13.7 Å². The van der Waals surface area contributed by atoms with Crippen molar-refractivity contribution in [2.24, 2.45) is 5.92 Å². The largest absolute Gasteiger partial charge is 0.491 e. The molecule has 1 aromatic rings. The molecule has 1 fully saturated rings. The molecule has 5 heteroatoms. The average molecular weight is 328 g/mol. The standard InChI is InChI=1S/C14H18BrNO3/c1-18-14(17)13-11(7-8-12(15)16-13)19-9-10-5-3-2-4-6-10/h7-8,10H,2-6,9H2,1H3. The van der Waals surface area contributed by atoms with E-state index < -0.39 is 5.97 Å². The zero-order valence-corrected chi connectivity index (χ0v) is 12.6. The van der Waals surface area contributed by atoms with Crippen LogP contribution in [-0.4, -0.2) is 24.7 Å². The van der Waals surface area contributed by atoms with Gasteiger partial charge in [-0.05, 0) is 46.8 Å². The molecule has 0 N–H and O–H groups in total. The Morgan fingerprint density at radius 1 is 1.37 bits per heavy atom. The van der Waals surface area contributed by atoms with Crippen LogP contribution in [0.3, 0.4) is 0 Å². The number of nitrogens with zero attached hydrogens (tertiary/aromatic N) is 1. The maximum Gasteiger partial charge on any atom is 0.360 e. The number of hydrogen-bond donors (Lipinski definition) is 0. The van der Waals surface area contributed by atoms with E-state index in [-0.39, 0.29) is 5.69 Å². The Balaban J connectivity index is 2.04. The lowest BCUT2D eigenvalue weighted by molar-refractivity contribution is 0.0587. The molecule has 0 amide bonds. The molecule has 2 rings (SSSR count). The topological polar surface area (TPSA) is 48.4 Å². The molecule has 4 nitrogen and oxygen atoms in total. The highest BCUT2D eigenvalue weighted by Gasteiger charge is 2.18. The summed E-state index contributed by atoms with van der Waals surface area (Å²) in [4.78, 5) is 15.8. The molecule has 0 radical (unpaired) electrons. The van der Waals surface area contributed by atoms with Crippen molar-refractivity contribution in [3.8, 4) is 5.75 Å². The summed E-state index contributed by atoms with van der Waals surface area (Å²) in [5.41, 5.74) is 0.229. The summed E-state index contributed by atoms with van der Waals surface area (Å²) in [6, 6.07) is 3.52. The molecular weight excluding hydrogens is 310 g/mol. The van der Waals surface area contributed by atoms with Gasteiger partial charge in [-0.25, -0.2) is 9.78 Å². The van der Waals surface area contributed by atoms with Gasteiger partial charge in [0.25, 0.3) is 0 Å². The number of rotatable bonds is 4. The summed E-state index contributed by atoms with van der Waals surface area (Å²) in [7, 11) is 1.34. The maximum atomic E-state index is 11.7. The van der Waals surface area contributed by atoms with E-state index in [9.17, 15) is 4.79 Å². The molecule has 1 heterocycles. The van der Waals surface area contributed by atoms with Gasteiger partial charge in [-0.3, -0.25) is 0 Å². The molecule has 1 aliphatic carbocycles. The van der Waals surface area contributed by atoms with E-state index in [4.69, 9.17) is 9.47 Å². The molecule has 0 aromatic carbocycles. The lowest BCUT2D eigenvalue weighted by Gasteiger charge is -2.22. The van der Waals surface area contributed by atoms with Gasteiger partial charge in [0.15, 0.2) is 11.4 Å². The highest BCUT2D eigenvalue weighted by molar-refractivity contribution is 9.10. The van der Waals surface area contributed by atoms with Gasteiger partial charge in [0, 0.05) is 0 Å². The second-order valence-corrected chi connectivity index (χ2v) is 5.60. The summed E-state index contributed by atoms with van der Waals surface area (Å²) >= 11 is 3.25. The number of pyridine rings is 1. The highest BCUT2D eigenvalue weighted by atomic mass is 79.9. The van der Waals surface area contributed by atoms with E-state index in [1.807, 2.05) is 0 Å². The minimum absolute atomic E-state index is 0.229. The zero-order valence-electron chi connectivity index (χ0n) is 11.0. The predicted molar refractivity (Wildman–Crippen MR) is 75.3 cm³/mol. The Kier molecular flexibility index (Phi) is 5.19. The van der Waals surface area contributed by atoms with Crippen molar-refractivity contribution >= 4 is 21.9 Å². The van der Waals surface area contributed by atoms with E-state index in [1.54, 1.807) is 12.1 Å². The van der Waals surface area contributed by atoms with Crippen LogP contribution in [0.5, 0.6) is 5.75 Å². The maximum absolute atomic E-state index is 11.7. The second kappa shape index (κ2) is 6.89. The van der Waals surface area contributed by atoms with E-state index in [1.165, 1.54) is 39.2 Å². The summed E-state index contributed by atoms with van der Waals surface area (Å²) in [5.74, 6) is 0.614. The SMILES string of the molecule is COC(=O)c1nc(Br)ccc1OCC1CCCCC1. The Bertz CT molecular complexity index is 444. The molecule has 1 aromatic heterocycles. The molecule has 0 saturated heterocycles. The van der Waals surface area contributed by atoms with Crippen LogP contribution in [0.2, 0.25) is 0 Å². The minimum atomic E-state index is -0.472. The van der Waals surface area contributed by atoms with Gasteiger partial charge >= 0.3 is 5.97 Å². The van der Waals surface area contributed by atoms with E-state index in [0.717, 1.165) is 0 Å². The van der Waals surface area contributed by atoms with Gasteiger partial charge in [-0.2, -0.15) is 0 Å². The predicted octanol–water partition coefficient (Wildman–Crippen LogP) is 3.59. The molecule has 0 bridgehead atoms. The molecule has 0 unspecified atom stereocenters. The number of carbonyl (C=O) groups is 1. The van der Waals surface area contributed by atoms with Crippen LogP contribution < -0.4 is 4.74 Å². The van der Waals surface area contributed by atoms with Crippen molar-refractivity contribution in [1.29, 1.82) is 0 Å². The van der Waals surface area contributed by atoms with Gasteiger partial charge in [0.05, 0.1) is 13.7 Å². The Morgan fingerprint density at radius 2 is 2.11 bits per heavy atom. The van der Waals surface area contributed by atoms with Gasteiger partial charge in [0.1, 0.15) is 4.60 Å². The number of methoxy groups -OCH3 is 1. The third kappa shape index (κ3) is 3.93. The van der Waals surface area contributed by atoms with E-state index in [0.29, 0.717) is 22.9 Å². The third-order valence-electron chi connectivity index (χ3n) is 3.40. The molecule has 1 aliphatic rings. The van der Waals surface area contributed by atoms with Crippen molar-refractivity contribution in [1.82, 2.24) is 4.98 Å². The molecule has 1 saturated carbocycles. The quantitative estimate of drug-likeness (QED) is 0.626. The monoisotopic (exact) mass is 327 g/mol. The van der Waals surface area contributed by atoms with Crippen LogP contribution in [0.1, 0.15) is 42.6 Å². The molecular formula is C14H18BrNO3. The second-order valence-electron chi connectivity index (χ2n) is 4.79. The lowest BCUT2D eigenvalue weighted by Crippen LogP contribution is -2.17. The number of hydrogen-bond acceptors (Lipinski definition) is 4. The van der Waals surface area contributed by atoms with Gasteiger partial charge in [-0.15, -0.1) is 0 Å². The fourth-order valence-corrected chi connectivity index (χ4v) is 2.65. The number of esters is 1. The highest BCUT2D eigenvalue weighted by Crippen LogP contribution is 2.26. The van der Waals surface area contributed by atoms with Crippen LogP contribution >= 0.6 is 15.9 Å². The molecule has 0 atom stereocenters. The molecule has 0 spiro atoms. The van der Waals surface area contributed by atoms with Crippen LogP contribution in [0.25, 0.3) is 0 Å². The smallest absolute Gasteiger partial charge is 0.360 e. The average Bonchev–Trinajstić information content (AvgIpc) is 2.46. The van der Waals surface area contributed by atoms with Crippen molar-refractivity contribution in [2.45, 2.75) is 32.1 Å². The van der Waals surface area contributed by atoms with Crippen LogP contribution in [0.4, 0.5) is 0 Å². The summed E-state index contributed by atoms with van der Waals surface area (Å²) in [5, 5.41) is 0. The molecule has 19 heavy (non-hydrogen) atoms. The Hall–Kier alpha value is -1.10. The number of carbonyl (C=O) groups excluding carboxylic acids is 1. The van der Waals surface area contributed by atoms with Crippen molar-refractivity contribution in [3.05, 3.63) is 22.4 Å². The molecule has 104 valence electrons. The number of halogens is 1. The Morgan fingerprint density at radius 3 is 2.79 bits per heavy atom. The van der Waals surface area contributed by atoms with Gasteiger partial charge in [-0.1, -0.05) is 19.3 Å². The van der Waals surface area contributed by atoms with Crippen LogP contribution in [0, 0.1) is 5.92 Å². The number of ether oxygens (including phenoxy) is 2. The lowest BCUT2D eigenvalue weighted by atomic mass is 9.90. The summed E-state index contributed by atoms with van der Waals surface area (Å²) in [6.45, 7) is 0.646. The summed E-state index contributed by atoms with van der Waals surface area (Å²) in [6.07, 6.45) is 6.28. The zero-order chi connectivity index (χ0) is 13.7. The van der Waals surface area contributed by atoms with Crippen molar-refractivity contribution in [3.63, 3.8) is 0 Å². The first-order valence-electron chi connectivity index (χ1n) is 6.58. The summed E-state index contributed by atoms with van der Waals surface area (Å²) < 4.78 is 11.1. The van der Waals surface area contributed by atoms with Crippen LogP contribution in [0.15, 0.2) is 16.7 Å². The normalized spacial score (nSPS) is 16.1. The fraction of sp³-hybridized carbons (Fsp3) is 0.571. The first-order chi connectivity index (χ1) is 9.20. The molecule has 0 aliphatic heterocycles. The minimum Gasteiger partial charge on any atom is -0.491 e. The number of aromatic nitrogens is 1. The first kappa shape index (κ1) is 14.3. The van der Waals surface area contributed by atoms with Gasteiger partial charge < -0.3 is 9.47 Å². The van der Waals surface area contributed by atoms with Crippen molar-refractivity contribution < 1.29 is 14.3 Å². The first-order valence-corrected chi connectivity index (χ1v) is 7.37. The van der Waals surface area contributed by atoms with Gasteiger partial charge in [0.2, 0.25) is 0 Å². The third-order valence-corrected chi connectivity index (χ3v) is 3.84.